The molecule has 1 amide bonds. The van der Waals surface area contributed by atoms with Gasteiger partial charge in [-0.25, -0.2) is 9.97 Å². The SMILES string of the molecule is CCOc1ccccc1Nc1nc(C)cc(C(=O)NC(C)CC)n1. The van der Waals surface area contributed by atoms with Crippen molar-refractivity contribution in [3.05, 3.63) is 41.7 Å². The molecule has 0 saturated heterocycles. The Morgan fingerprint density at radius 3 is 2.71 bits per heavy atom. The molecule has 24 heavy (non-hydrogen) atoms. The van der Waals surface area contributed by atoms with Crippen LogP contribution in [0.15, 0.2) is 30.3 Å². The number of aryl methyl sites for hydroxylation is 1. The molecule has 0 aliphatic heterocycles. The molecule has 2 rings (SSSR count). The third-order valence-electron chi connectivity index (χ3n) is 3.51. The maximum Gasteiger partial charge on any atom is 0.270 e. The van der Waals surface area contributed by atoms with E-state index in [-0.39, 0.29) is 11.9 Å². The third-order valence-corrected chi connectivity index (χ3v) is 3.51. The van der Waals surface area contributed by atoms with Crippen molar-refractivity contribution in [1.29, 1.82) is 0 Å². The van der Waals surface area contributed by atoms with E-state index in [1.807, 2.05) is 52.0 Å². The Balaban J connectivity index is 2.24. The Bertz CT molecular complexity index is 703. The molecule has 6 nitrogen and oxygen atoms in total. The van der Waals surface area contributed by atoms with Gasteiger partial charge in [-0.3, -0.25) is 4.79 Å². The first kappa shape index (κ1) is 17.7. The first-order valence-electron chi connectivity index (χ1n) is 8.18. The summed E-state index contributed by atoms with van der Waals surface area (Å²) in [4.78, 5) is 21.0. The van der Waals surface area contributed by atoms with Gasteiger partial charge in [0.15, 0.2) is 0 Å². The van der Waals surface area contributed by atoms with E-state index in [4.69, 9.17) is 4.74 Å². The molecule has 6 heteroatoms. The van der Waals surface area contributed by atoms with Gasteiger partial charge in [-0.05, 0) is 45.4 Å². The van der Waals surface area contributed by atoms with Crippen molar-refractivity contribution in [1.82, 2.24) is 15.3 Å². The van der Waals surface area contributed by atoms with Crippen LogP contribution in [0.5, 0.6) is 5.75 Å². The van der Waals surface area contributed by atoms with Gasteiger partial charge in [-0.1, -0.05) is 19.1 Å². The van der Waals surface area contributed by atoms with E-state index in [2.05, 4.69) is 20.6 Å². The highest BCUT2D eigenvalue weighted by atomic mass is 16.5. The van der Waals surface area contributed by atoms with Crippen LogP contribution in [0, 0.1) is 6.92 Å². The Hall–Kier alpha value is -2.63. The molecule has 0 aliphatic carbocycles. The van der Waals surface area contributed by atoms with Crippen molar-refractivity contribution in [2.45, 2.75) is 40.2 Å². The number of hydrogen-bond acceptors (Lipinski definition) is 5. The number of nitrogens with one attached hydrogen (secondary N) is 2. The van der Waals surface area contributed by atoms with Crippen molar-refractivity contribution in [3.63, 3.8) is 0 Å². The van der Waals surface area contributed by atoms with E-state index in [0.29, 0.717) is 18.2 Å². The highest BCUT2D eigenvalue weighted by Gasteiger charge is 2.13. The fraction of sp³-hybridized carbons (Fsp3) is 0.389. The summed E-state index contributed by atoms with van der Waals surface area (Å²) in [7, 11) is 0. The first-order chi connectivity index (χ1) is 11.5. The van der Waals surface area contributed by atoms with E-state index in [1.165, 1.54) is 0 Å². The van der Waals surface area contributed by atoms with Gasteiger partial charge in [0.25, 0.3) is 5.91 Å². The molecule has 0 bridgehead atoms. The summed E-state index contributed by atoms with van der Waals surface area (Å²) in [5, 5.41) is 6.05. The molecule has 0 spiro atoms. The molecule has 1 heterocycles. The Kier molecular flexibility index (Phi) is 6.12. The van der Waals surface area contributed by atoms with E-state index in [1.54, 1.807) is 6.07 Å². The fourth-order valence-electron chi connectivity index (χ4n) is 2.11. The second kappa shape index (κ2) is 8.29. The van der Waals surface area contributed by atoms with E-state index < -0.39 is 0 Å². The number of anilines is 2. The number of ether oxygens (including phenoxy) is 1. The van der Waals surface area contributed by atoms with Gasteiger partial charge in [-0.15, -0.1) is 0 Å². The van der Waals surface area contributed by atoms with Crippen LogP contribution >= 0.6 is 0 Å². The van der Waals surface area contributed by atoms with E-state index in [0.717, 1.165) is 23.6 Å². The summed E-state index contributed by atoms with van der Waals surface area (Å²) in [6.45, 7) is 8.31. The van der Waals surface area contributed by atoms with Crippen LogP contribution in [-0.2, 0) is 0 Å². The van der Waals surface area contributed by atoms with Crippen LogP contribution in [0.1, 0.15) is 43.4 Å². The molecule has 128 valence electrons. The summed E-state index contributed by atoms with van der Waals surface area (Å²) >= 11 is 0. The lowest BCUT2D eigenvalue weighted by Crippen LogP contribution is -2.32. The smallest absolute Gasteiger partial charge is 0.270 e. The summed E-state index contributed by atoms with van der Waals surface area (Å²) in [6, 6.07) is 9.34. The van der Waals surface area contributed by atoms with Gasteiger partial charge in [0.05, 0.1) is 12.3 Å². The molecule has 2 N–H and O–H groups in total. The standard InChI is InChI=1S/C18H24N4O2/c1-5-12(3)19-17(23)15-11-13(4)20-18(22-15)21-14-9-7-8-10-16(14)24-6-2/h7-12H,5-6H2,1-4H3,(H,19,23)(H,20,21,22). The first-order valence-corrected chi connectivity index (χ1v) is 8.18. The minimum absolute atomic E-state index is 0.0999. The largest absolute Gasteiger partial charge is 0.492 e. The summed E-state index contributed by atoms with van der Waals surface area (Å²) in [6.07, 6.45) is 0.864. The van der Waals surface area contributed by atoms with Crippen LogP contribution in [0.4, 0.5) is 11.6 Å². The molecule has 0 aliphatic rings. The zero-order valence-corrected chi connectivity index (χ0v) is 14.6. The number of hydrogen-bond donors (Lipinski definition) is 2. The average molecular weight is 328 g/mol. The zero-order valence-electron chi connectivity index (χ0n) is 14.6. The highest BCUT2D eigenvalue weighted by Crippen LogP contribution is 2.26. The van der Waals surface area contributed by atoms with Gasteiger partial charge < -0.3 is 15.4 Å². The number of aromatic nitrogens is 2. The van der Waals surface area contributed by atoms with Crippen LogP contribution in [0.2, 0.25) is 0 Å². The van der Waals surface area contributed by atoms with Gasteiger partial charge in [0.2, 0.25) is 5.95 Å². The van der Waals surface area contributed by atoms with Gasteiger partial charge in [0.1, 0.15) is 11.4 Å². The number of nitrogens with zero attached hydrogens (tertiary/aromatic N) is 2. The van der Waals surface area contributed by atoms with Crippen LogP contribution < -0.4 is 15.4 Å². The lowest BCUT2D eigenvalue weighted by Gasteiger charge is -2.13. The lowest BCUT2D eigenvalue weighted by atomic mass is 10.2. The number of carbonyl (C=O) groups excluding carboxylic acids is 1. The van der Waals surface area contributed by atoms with Crippen molar-refractivity contribution in [2.75, 3.05) is 11.9 Å². The van der Waals surface area contributed by atoms with E-state index >= 15 is 0 Å². The molecule has 0 fully saturated rings. The zero-order chi connectivity index (χ0) is 17.5. The average Bonchev–Trinajstić information content (AvgIpc) is 2.56. The molecular weight excluding hydrogens is 304 g/mol. The van der Waals surface area contributed by atoms with E-state index in [9.17, 15) is 4.79 Å². The number of rotatable bonds is 7. The van der Waals surface area contributed by atoms with Crippen LogP contribution in [0.3, 0.4) is 0 Å². The van der Waals surface area contributed by atoms with Crippen molar-refractivity contribution >= 4 is 17.5 Å². The Labute approximate surface area is 142 Å². The molecule has 0 radical (unpaired) electrons. The van der Waals surface area contributed by atoms with Crippen LogP contribution in [-0.4, -0.2) is 28.5 Å². The molecule has 2 aromatic rings. The highest BCUT2D eigenvalue weighted by molar-refractivity contribution is 5.92. The molecule has 1 unspecified atom stereocenters. The predicted molar refractivity (Wildman–Crippen MR) is 94.9 cm³/mol. The quantitative estimate of drug-likeness (QED) is 0.814. The molecule has 1 atom stereocenters. The summed E-state index contributed by atoms with van der Waals surface area (Å²) < 4.78 is 5.59. The topological polar surface area (TPSA) is 76.1 Å². The number of para-hydroxylation sites is 2. The van der Waals surface area contributed by atoms with Crippen molar-refractivity contribution in [3.8, 4) is 5.75 Å². The van der Waals surface area contributed by atoms with Crippen molar-refractivity contribution < 1.29 is 9.53 Å². The third kappa shape index (κ3) is 4.68. The number of carbonyl (C=O) groups is 1. The predicted octanol–water partition coefficient (Wildman–Crippen LogP) is 3.46. The number of benzene rings is 1. The second-order valence-electron chi connectivity index (χ2n) is 5.56. The maximum atomic E-state index is 12.3. The molecule has 1 aromatic carbocycles. The monoisotopic (exact) mass is 328 g/mol. The molecular formula is C18H24N4O2. The van der Waals surface area contributed by atoms with Crippen molar-refractivity contribution in [2.24, 2.45) is 0 Å². The molecule has 0 saturated carbocycles. The van der Waals surface area contributed by atoms with Crippen LogP contribution in [0.25, 0.3) is 0 Å². The van der Waals surface area contributed by atoms with Gasteiger partial charge >= 0.3 is 0 Å². The fourth-order valence-corrected chi connectivity index (χ4v) is 2.11. The number of amides is 1. The minimum atomic E-state index is -0.198. The Morgan fingerprint density at radius 1 is 1.25 bits per heavy atom. The maximum absolute atomic E-state index is 12.3. The lowest BCUT2D eigenvalue weighted by molar-refractivity contribution is 0.0934. The molecule has 1 aromatic heterocycles. The summed E-state index contributed by atoms with van der Waals surface area (Å²) in [5.41, 5.74) is 1.83. The Morgan fingerprint density at radius 2 is 2.00 bits per heavy atom. The second-order valence-corrected chi connectivity index (χ2v) is 5.56. The summed E-state index contributed by atoms with van der Waals surface area (Å²) in [5.74, 6) is 0.892. The normalized spacial score (nSPS) is 11.7. The minimum Gasteiger partial charge on any atom is -0.492 e. The van der Waals surface area contributed by atoms with Gasteiger partial charge in [0, 0.05) is 11.7 Å². The van der Waals surface area contributed by atoms with Gasteiger partial charge in [-0.2, -0.15) is 0 Å².